The van der Waals surface area contributed by atoms with E-state index >= 15 is 0 Å². The van der Waals surface area contributed by atoms with Gasteiger partial charge in [-0.1, -0.05) is 43.3 Å². The Morgan fingerprint density at radius 2 is 2.03 bits per heavy atom. The molecule has 3 aromatic rings. The van der Waals surface area contributed by atoms with Gasteiger partial charge in [-0.05, 0) is 18.9 Å². The third-order valence-corrected chi connectivity index (χ3v) is 5.44. The number of aromatic nitrogens is 3. The van der Waals surface area contributed by atoms with Gasteiger partial charge in [-0.25, -0.2) is 9.97 Å². The van der Waals surface area contributed by atoms with Gasteiger partial charge in [0.1, 0.15) is 5.82 Å². The summed E-state index contributed by atoms with van der Waals surface area (Å²) in [4.78, 5) is 34.7. The van der Waals surface area contributed by atoms with E-state index in [1.165, 1.54) is 0 Å². The summed E-state index contributed by atoms with van der Waals surface area (Å²) in [5.74, 6) is 1.47. The van der Waals surface area contributed by atoms with Gasteiger partial charge < -0.3 is 14.7 Å². The number of likely N-dealkylation sites (tertiary alicyclic amines) is 1. The lowest BCUT2D eigenvalue weighted by molar-refractivity contribution is -0.133. The Balaban J connectivity index is 1.50. The van der Waals surface area contributed by atoms with Crippen LogP contribution in [0.4, 0.5) is 0 Å². The van der Waals surface area contributed by atoms with E-state index in [0.29, 0.717) is 25.3 Å². The molecule has 32 heavy (non-hydrogen) atoms. The van der Waals surface area contributed by atoms with Crippen molar-refractivity contribution in [1.29, 1.82) is 0 Å². The smallest absolute Gasteiger partial charge is 0.239 e. The third kappa shape index (κ3) is 4.85. The molecule has 1 saturated heterocycles. The lowest BCUT2D eigenvalue weighted by Gasteiger charge is -2.15. The van der Waals surface area contributed by atoms with Crippen LogP contribution in [0.5, 0.6) is 0 Å². The molecule has 0 radical (unpaired) electrons. The number of carbonyl (C=O) groups excluding carboxylic acids is 2. The normalized spacial score (nSPS) is 13.8. The number of hydrogen-bond donors (Lipinski definition) is 1. The number of nitrogens with one attached hydrogen (secondary N) is 1. The number of nitrogens with zero attached hydrogens (tertiary/aromatic N) is 4. The molecule has 1 aromatic carbocycles. The van der Waals surface area contributed by atoms with E-state index in [1.54, 1.807) is 11.1 Å². The summed E-state index contributed by atoms with van der Waals surface area (Å²) in [6, 6.07) is 9.74. The van der Waals surface area contributed by atoms with Gasteiger partial charge in [0.2, 0.25) is 11.8 Å². The van der Waals surface area contributed by atoms with Crippen molar-refractivity contribution in [2.45, 2.75) is 46.1 Å². The van der Waals surface area contributed by atoms with Crippen LogP contribution >= 0.6 is 0 Å². The van der Waals surface area contributed by atoms with Crippen molar-refractivity contribution < 1.29 is 14.1 Å². The fraction of sp³-hybridized carbons (Fsp3) is 0.375. The van der Waals surface area contributed by atoms with Crippen LogP contribution in [0.15, 0.2) is 41.1 Å². The maximum atomic E-state index is 12.2. The molecule has 166 valence electrons. The summed E-state index contributed by atoms with van der Waals surface area (Å²) >= 11 is 0. The van der Waals surface area contributed by atoms with Gasteiger partial charge in [-0.3, -0.25) is 9.59 Å². The summed E-state index contributed by atoms with van der Waals surface area (Å²) in [7, 11) is 0. The van der Waals surface area contributed by atoms with Crippen molar-refractivity contribution in [1.82, 2.24) is 25.3 Å². The lowest BCUT2D eigenvalue weighted by Crippen LogP contribution is -2.37. The number of rotatable bonds is 7. The Morgan fingerprint density at radius 3 is 2.66 bits per heavy atom. The quantitative estimate of drug-likeness (QED) is 0.612. The van der Waals surface area contributed by atoms with Crippen molar-refractivity contribution in [3.63, 3.8) is 0 Å². The molecular formula is C24H27N5O3. The topological polar surface area (TPSA) is 101 Å². The Kier molecular flexibility index (Phi) is 6.30. The number of hydrogen-bond acceptors (Lipinski definition) is 6. The van der Waals surface area contributed by atoms with Crippen molar-refractivity contribution in [2.24, 2.45) is 0 Å². The van der Waals surface area contributed by atoms with Crippen LogP contribution < -0.4 is 5.32 Å². The molecule has 0 atom stereocenters. The predicted molar refractivity (Wildman–Crippen MR) is 119 cm³/mol. The van der Waals surface area contributed by atoms with Crippen LogP contribution in [0.3, 0.4) is 0 Å². The third-order valence-electron chi connectivity index (χ3n) is 5.44. The highest BCUT2D eigenvalue weighted by Gasteiger charge is 2.22. The Morgan fingerprint density at radius 1 is 1.25 bits per heavy atom. The van der Waals surface area contributed by atoms with Crippen LogP contribution in [-0.2, 0) is 16.1 Å². The number of carbonyl (C=O) groups is 2. The predicted octanol–water partition coefficient (Wildman–Crippen LogP) is 3.47. The maximum absolute atomic E-state index is 12.2. The molecule has 1 aliphatic heterocycles. The molecule has 1 aliphatic rings. The molecule has 2 amide bonds. The Hall–Kier alpha value is -3.55. The van der Waals surface area contributed by atoms with Crippen LogP contribution in [-0.4, -0.2) is 44.9 Å². The van der Waals surface area contributed by atoms with Crippen LogP contribution in [0, 0.1) is 6.92 Å². The molecule has 0 saturated carbocycles. The minimum Gasteiger partial charge on any atom is -0.356 e. The van der Waals surface area contributed by atoms with E-state index in [-0.39, 0.29) is 24.3 Å². The van der Waals surface area contributed by atoms with Crippen molar-refractivity contribution in [2.75, 3.05) is 13.1 Å². The average molecular weight is 434 g/mol. The molecule has 2 aromatic heterocycles. The first-order valence-electron chi connectivity index (χ1n) is 10.8. The Bertz CT molecular complexity index is 1120. The van der Waals surface area contributed by atoms with Gasteiger partial charge in [0.05, 0.1) is 23.5 Å². The fourth-order valence-corrected chi connectivity index (χ4v) is 3.65. The molecule has 1 fully saturated rings. The Labute approximate surface area is 187 Å². The fourth-order valence-electron chi connectivity index (χ4n) is 3.65. The first kappa shape index (κ1) is 21.7. The summed E-state index contributed by atoms with van der Waals surface area (Å²) < 4.78 is 5.46. The van der Waals surface area contributed by atoms with E-state index < -0.39 is 0 Å². The first-order valence-corrected chi connectivity index (χ1v) is 10.8. The highest BCUT2D eigenvalue weighted by molar-refractivity contribution is 5.85. The summed E-state index contributed by atoms with van der Waals surface area (Å²) in [6.07, 6.45) is 3.14. The zero-order valence-corrected chi connectivity index (χ0v) is 18.6. The first-order chi connectivity index (χ1) is 15.4. The SMILES string of the molecule is Cc1cc(-c2cnc(C(C)C)nc2-c2ccc(CNC(=O)CN3CCCC3=O)cc2)on1. The van der Waals surface area contributed by atoms with Crippen LogP contribution in [0.25, 0.3) is 22.6 Å². The van der Waals surface area contributed by atoms with E-state index in [0.717, 1.165) is 40.3 Å². The molecule has 0 spiro atoms. The molecule has 0 aliphatic carbocycles. The molecular weight excluding hydrogens is 406 g/mol. The second-order valence-corrected chi connectivity index (χ2v) is 8.37. The van der Waals surface area contributed by atoms with Crippen LogP contribution in [0.2, 0.25) is 0 Å². The monoisotopic (exact) mass is 433 g/mol. The molecule has 1 N–H and O–H groups in total. The number of amides is 2. The highest BCUT2D eigenvalue weighted by Crippen LogP contribution is 2.31. The molecule has 8 heteroatoms. The standard InChI is InChI=1S/C24H27N5O3/c1-15(2)24-26-13-19(20-11-16(3)28-32-20)23(27-24)18-8-6-17(7-9-18)12-25-21(30)14-29-10-4-5-22(29)31/h6-9,11,13,15H,4-5,10,12,14H2,1-3H3,(H,25,30). The van der Waals surface area contributed by atoms with E-state index in [4.69, 9.17) is 9.51 Å². The van der Waals surface area contributed by atoms with Gasteiger partial charge in [-0.15, -0.1) is 0 Å². The average Bonchev–Trinajstić information content (AvgIpc) is 3.40. The molecule has 0 unspecified atom stereocenters. The number of aryl methyl sites for hydroxylation is 1. The second kappa shape index (κ2) is 9.30. The van der Waals surface area contributed by atoms with Gasteiger partial charge in [0.15, 0.2) is 5.76 Å². The largest absolute Gasteiger partial charge is 0.356 e. The number of benzene rings is 1. The molecule has 8 nitrogen and oxygen atoms in total. The van der Waals surface area contributed by atoms with Crippen LogP contribution in [0.1, 0.15) is 49.7 Å². The summed E-state index contributed by atoms with van der Waals surface area (Å²) in [6.45, 7) is 7.16. The van der Waals surface area contributed by atoms with Gasteiger partial charge in [0.25, 0.3) is 0 Å². The highest BCUT2D eigenvalue weighted by atomic mass is 16.5. The molecule has 3 heterocycles. The maximum Gasteiger partial charge on any atom is 0.239 e. The zero-order chi connectivity index (χ0) is 22.7. The van der Waals surface area contributed by atoms with Gasteiger partial charge in [-0.2, -0.15) is 0 Å². The zero-order valence-electron chi connectivity index (χ0n) is 18.6. The van der Waals surface area contributed by atoms with Crippen molar-refractivity contribution >= 4 is 11.8 Å². The lowest BCUT2D eigenvalue weighted by atomic mass is 10.0. The second-order valence-electron chi connectivity index (χ2n) is 8.37. The summed E-state index contributed by atoms with van der Waals surface area (Å²) in [5.41, 5.74) is 4.25. The minimum atomic E-state index is -0.148. The van der Waals surface area contributed by atoms with Gasteiger partial charge >= 0.3 is 0 Å². The van der Waals surface area contributed by atoms with E-state index in [1.807, 2.05) is 37.3 Å². The van der Waals surface area contributed by atoms with E-state index in [2.05, 4.69) is 29.3 Å². The molecule has 0 bridgehead atoms. The molecule has 4 rings (SSSR count). The van der Waals surface area contributed by atoms with Crippen molar-refractivity contribution in [3.8, 4) is 22.6 Å². The minimum absolute atomic E-state index is 0.0490. The van der Waals surface area contributed by atoms with Crippen molar-refractivity contribution in [3.05, 3.63) is 53.6 Å². The summed E-state index contributed by atoms with van der Waals surface area (Å²) in [5, 5.41) is 6.87. The van der Waals surface area contributed by atoms with E-state index in [9.17, 15) is 9.59 Å². The van der Waals surface area contributed by atoms with Gasteiger partial charge in [0, 0.05) is 43.3 Å².